The molecule has 4 nitrogen and oxygen atoms in total. The molecule has 0 amide bonds. The molecule has 5 heteroatoms. The molecule has 0 aliphatic heterocycles. The first kappa shape index (κ1) is 9.05. The zero-order chi connectivity index (χ0) is 10.1. The fourth-order valence-corrected chi connectivity index (χ4v) is 1.16. The molecule has 0 aromatic carbocycles. The van der Waals surface area contributed by atoms with Crippen LogP contribution in [0.3, 0.4) is 0 Å². The van der Waals surface area contributed by atoms with Crippen molar-refractivity contribution in [3.63, 3.8) is 0 Å². The molecule has 0 bridgehead atoms. The number of nitrogens with two attached hydrogens (primary N) is 1. The summed E-state index contributed by atoms with van der Waals surface area (Å²) in [5.74, 6) is -0.481. The van der Waals surface area contributed by atoms with Gasteiger partial charge in [-0.2, -0.15) is 4.39 Å². The molecule has 0 radical (unpaired) electrons. The topological polar surface area (TPSA) is 60.2 Å². The lowest BCUT2D eigenvalue weighted by molar-refractivity contribution is 0.275. The SMILES string of the molecule is CNc1c(N)cnc(OC2CC2)c1F. The number of anilines is 2. The van der Waals surface area contributed by atoms with Crippen LogP contribution in [0.1, 0.15) is 12.8 Å². The number of halogens is 1. The molecule has 1 saturated carbocycles. The van der Waals surface area contributed by atoms with E-state index in [1.165, 1.54) is 6.20 Å². The molecule has 14 heavy (non-hydrogen) atoms. The van der Waals surface area contributed by atoms with Crippen LogP contribution in [0.4, 0.5) is 15.8 Å². The van der Waals surface area contributed by atoms with Crippen molar-refractivity contribution in [1.82, 2.24) is 4.98 Å². The molecule has 1 aliphatic carbocycles. The highest BCUT2D eigenvalue weighted by Crippen LogP contribution is 2.32. The van der Waals surface area contributed by atoms with Gasteiger partial charge in [-0.05, 0) is 12.8 Å². The summed E-state index contributed by atoms with van der Waals surface area (Å²) in [5.41, 5.74) is 6.06. The lowest BCUT2D eigenvalue weighted by Crippen LogP contribution is -2.06. The molecule has 1 aliphatic rings. The Kier molecular flexibility index (Phi) is 2.15. The molecule has 2 rings (SSSR count). The van der Waals surface area contributed by atoms with Crippen molar-refractivity contribution >= 4 is 11.4 Å². The van der Waals surface area contributed by atoms with E-state index in [0.29, 0.717) is 0 Å². The van der Waals surface area contributed by atoms with Crippen molar-refractivity contribution in [2.24, 2.45) is 0 Å². The van der Waals surface area contributed by atoms with Gasteiger partial charge in [0, 0.05) is 7.05 Å². The molecule has 1 aromatic heterocycles. The average molecular weight is 197 g/mol. The highest BCUT2D eigenvalue weighted by molar-refractivity contribution is 5.66. The summed E-state index contributed by atoms with van der Waals surface area (Å²) in [6.45, 7) is 0. The summed E-state index contributed by atoms with van der Waals surface area (Å²) in [6, 6.07) is 0. The number of rotatable bonds is 3. The van der Waals surface area contributed by atoms with E-state index >= 15 is 0 Å². The van der Waals surface area contributed by atoms with Crippen molar-refractivity contribution in [3.8, 4) is 5.88 Å². The summed E-state index contributed by atoms with van der Waals surface area (Å²) < 4.78 is 18.9. The summed E-state index contributed by atoms with van der Waals surface area (Å²) in [5, 5.41) is 2.68. The molecule has 0 spiro atoms. The summed E-state index contributed by atoms with van der Waals surface area (Å²) >= 11 is 0. The summed E-state index contributed by atoms with van der Waals surface area (Å²) in [7, 11) is 1.61. The fraction of sp³-hybridized carbons (Fsp3) is 0.444. The van der Waals surface area contributed by atoms with Crippen LogP contribution in [0, 0.1) is 5.82 Å². The van der Waals surface area contributed by atoms with Crippen LogP contribution in [0.15, 0.2) is 6.20 Å². The molecule has 0 saturated heterocycles. The van der Waals surface area contributed by atoms with E-state index in [4.69, 9.17) is 10.5 Å². The molecule has 0 atom stereocenters. The first-order chi connectivity index (χ1) is 6.72. The smallest absolute Gasteiger partial charge is 0.253 e. The van der Waals surface area contributed by atoms with E-state index in [2.05, 4.69) is 10.3 Å². The van der Waals surface area contributed by atoms with Gasteiger partial charge in [-0.3, -0.25) is 0 Å². The van der Waals surface area contributed by atoms with E-state index in [-0.39, 0.29) is 23.4 Å². The average Bonchev–Trinajstić information content (AvgIpc) is 2.95. The molecule has 3 N–H and O–H groups in total. The van der Waals surface area contributed by atoms with Crippen LogP contribution in [-0.2, 0) is 0 Å². The van der Waals surface area contributed by atoms with Gasteiger partial charge in [0.05, 0.1) is 11.9 Å². The van der Waals surface area contributed by atoms with Gasteiger partial charge < -0.3 is 15.8 Å². The molecular formula is C9H12FN3O. The number of ether oxygens (including phenoxy) is 1. The predicted octanol–water partition coefficient (Wildman–Crippen LogP) is 1.39. The minimum atomic E-state index is -0.514. The Labute approximate surface area is 81.3 Å². The second kappa shape index (κ2) is 3.32. The zero-order valence-electron chi connectivity index (χ0n) is 7.88. The van der Waals surface area contributed by atoms with Gasteiger partial charge in [0.25, 0.3) is 5.88 Å². The van der Waals surface area contributed by atoms with Crippen LogP contribution in [0.25, 0.3) is 0 Å². The van der Waals surface area contributed by atoms with Gasteiger partial charge in [-0.25, -0.2) is 4.98 Å². The molecule has 1 heterocycles. The fourth-order valence-electron chi connectivity index (χ4n) is 1.16. The Morgan fingerprint density at radius 2 is 2.36 bits per heavy atom. The van der Waals surface area contributed by atoms with Crippen LogP contribution in [0.2, 0.25) is 0 Å². The Bertz CT molecular complexity index is 352. The highest BCUT2D eigenvalue weighted by atomic mass is 19.1. The molecular weight excluding hydrogens is 185 g/mol. The molecule has 0 unspecified atom stereocenters. The largest absolute Gasteiger partial charge is 0.472 e. The minimum Gasteiger partial charge on any atom is -0.472 e. The van der Waals surface area contributed by atoms with E-state index in [9.17, 15) is 4.39 Å². The number of hydrogen-bond acceptors (Lipinski definition) is 4. The van der Waals surface area contributed by atoms with Crippen LogP contribution in [0.5, 0.6) is 5.88 Å². The number of nitrogen functional groups attached to an aromatic ring is 1. The van der Waals surface area contributed by atoms with Crippen LogP contribution >= 0.6 is 0 Å². The third-order valence-corrected chi connectivity index (χ3v) is 2.07. The number of pyridine rings is 1. The Morgan fingerprint density at radius 3 is 2.93 bits per heavy atom. The van der Waals surface area contributed by atoms with Gasteiger partial charge in [0.1, 0.15) is 11.8 Å². The monoisotopic (exact) mass is 197 g/mol. The Balaban J connectivity index is 2.30. The third kappa shape index (κ3) is 1.57. The Hall–Kier alpha value is -1.52. The van der Waals surface area contributed by atoms with Gasteiger partial charge in [-0.15, -0.1) is 0 Å². The third-order valence-electron chi connectivity index (χ3n) is 2.07. The van der Waals surface area contributed by atoms with Crippen molar-refractivity contribution in [3.05, 3.63) is 12.0 Å². The van der Waals surface area contributed by atoms with Gasteiger partial charge in [-0.1, -0.05) is 0 Å². The van der Waals surface area contributed by atoms with Crippen molar-refractivity contribution in [2.45, 2.75) is 18.9 Å². The molecule has 1 fully saturated rings. The maximum atomic E-state index is 13.6. The minimum absolute atomic E-state index is 0.0334. The number of nitrogens with one attached hydrogen (secondary N) is 1. The van der Waals surface area contributed by atoms with Crippen LogP contribution < -0.4 is 15.8 Å². The molecule has 1 aromatic rings. The lowest BCUT2D eigenvalue weighted by Gasteiger charge is -2.09. The van der Waals surface area contributed by atoms with E-state index in [1.807, 2.05) is 0 Å². The molecule has 76 valence electrons. The van der Waals surface area contributed by atoms with Gasteiger partial charge in [0.15, 0.2) is 0 Å². The van der Waals surface area contributed by atoms with E-state index in [0.717, 1.165) is 12.8 Å². The van der Waals surface area contributed by atoms with Crippen molar-refractivity contribution in [1.29, 1.82) is 0 Å². The number of aromatic nitrogens is 1. The van der Waals surface area contributed by atoms with Gasteiger partial charge in [0.2, 0.25) is 5.82 Å². The lowest BCUT2D eigenvalue weighted by atomic mass is 10.3. The quantitative estimate of drug-likeness (QED) is 0.768. The summed E-state index contributed by atoms with van der Waals surface area (Å²) in [6.07, 6.45) is 3.47. The van der Waals surface area contributed by atoms with E-state index < -0.39 is 5.82 Å². The zero-order valence-corrected chi connectivity index (χ0v) is 7.88. The normalized spacial score (nSPS) is 15.3. The standard InChI is InChI=1S/C9H12FN3O/c1-12-8-6(11)4-13-9(7(8)10)14-5-2-3-5/h4-5H,2-3,11H2,1H3,(H,12,13). The highest BCUT2D eigenvalue weighted by Gasteiger charge is 2.26. The van der Waals surface area contributed by atoms with Crippen LogP contribution in [-0.4, -0.2) is 18.1 Å². The van der Waals surface area contributed by atoms with E-state index in [1.54, 1.807) is 7.05 Å². The Morgan fingerprint density at radius 1 is 1.64 bits per heavy atom. The predicted molar refractivity (Wildman–Crippen MR) is 51.8 cm³/mol. The number of nitrogens with zero attached hydrogens (tertiary/aromatic N) is 1. The first-order valence-electron chi connectivity index (χ1n) is 4.50. The second-order valence-corrected chi connectivity index (χ2v) is 3.27. The first-order valence-corrected chi connectivity index (χ1v) is 4.50. The second-order valence-electron chi connectivity index (χ2n) is 3.27. The number of hydrogen-bond donors (Lipinski definition) is 2. The van der Waals surface area contributed by atoms with Crippen molar-refractivity contribution in [2.75, 3.05) is 18.1 Å². The maximum absolute atomic E-state index is 13.6. The maximum Gasteiger partial charge on any atom is 0.253 e. The van der Waals surface area contributed by atoms with Crippen molar-refractivity contribution < 1.29 is 9.13 Å². The van der Waals surface area contributed by atoms with Gasteiger partial charge >= 0.3 is 0 Å². The summed E-state index contributed by atoms with van der Waals surface area (Å²) in [4.78, 5) is 3.80.